The van der Waals surface area contributed by atoms with Crippen molar-refractivity contribution in [3.8, 4) is 0 Å². The number of carbonyl (C=O) groups excluding carboxylic acids is 1. The number of halogens is 1. The average Bonchev–Trinajstić information content (AvgIpc) is 2.27. The fraction of sp³-hybridized carbons (Fsp3) is 0.500. The van der Waals surface area contributed by atoms with Gasteiger partial charge in [-0.1, -0.05) is 12.1 Å². The predicted octanol–water partition coefficient (Wildman–Crippen LogP) is 2.22. The lowest BCUT2D eigenvalue weighted by Crippen LogP contribution is -2.41. The molecular formula is C14H21FN2O2. The Morgan fingerprint density at radius 3 is 2.47 bits per heavy atom. The van der Waals surface area contributed by atoms with Gasteiger partial charge in [0, 0.05) is 12.6 Å². The van der Waals surface area contributed by atoms with E-state index in [0.29, 0.717) is 13.0 Å². The fourth-order valence-electron chi connectivity index (χ4n) is 1.52. The minimum atomic E-state index is -0.523. The van der Waals surface area contributed by atoms with Gasteiger partial charge in [0.05, 0.1) is 0 Å². The topological polar surface area (TPSA) is 64.3 Å². The summed E-state index contributed by atoms with van der Waals surface area (Å²) in [6.07, 6.45) is 0.0813. The third kappa shape index (κ3) is 6.76. The highest BCUT2D eigenvalue weighted by molar-refractivity contribution is 5.67. The summed E-state index contributed by atoms with van der Waals surface area (Å²) in [6.45, 7) is 5.70. The number of amides is 1. The van der Waals surface area contributed by atoms with Gasteiger partial charge in [-0.2, -0.15) is 0 Å². The monoisotopic (exact) mass is 268 g/mol. The number of benzene rings is 1. The largest absolute Gasteiger partial charge is 0.444 e. The summed E-state index contributed by atoms with van der Waals surface area (Å²) in [7, 11) is 0. The molecule has 0 aliphatic carbocycles. The van der Waals surface area contributed by atoms with Crippen LogP contribution in [0.5, 0.6) is 0 Å². The first-order chi connectivity index (χ1) is 8.76. The maximum atomic E-state index is 12.7. The molecule has 0 aromatic heterocycles. The third-order valence-corrected chi connectivity index (χ3v) is 2.32. The number of hydrogen-bond acceptors (Lipinski definition) is 3. The van der Waals surface area contributed by atoms with E-state index in [1.54, 1.807) is 32.9 Å². The van der Waals surface area contributed by atoms with Gasteiger partial charge in [0.2, 0.25) is 0 Å². The number of nitrogens with one attached hydrogen (secondary N) is 1. The van der Waals surface area contributed by atoms with Crippen LogP contribution in [0.25, 0.3) is 0 Å². The summed E-state index contributed by atoms with van der Waals surface area (Å²) < 4.78 is 17.8. The van der Waals surface area contributed by atoms with Crippen molar-refractivity contribution < 1.29 is 13.9 Å². The third-order valence-electron chi connectivity index (χ3n) is 2.32. The zero-order valence-electron chi connectivity index (χ0n) is 11.6. The molecule has 106 valence electrons. The summed E-state index contributed by atoms with van der Waals surface area (Å²) in [5, 5.41) is 2.61. The molecule has 0 saturated heterocycles. The zero-order chi connectivity index (χ0) is 14.5. The number of alkyl carbamates (subject to hydrolysis) is 1. The lowest BCUT2D eigenvalue weighted by atomic mass is 10.1. The predicted molar refractivity (Wildman–Crippen MR) is 72.3 cm³/mol. The lowest BCUT2D eigenvalue weighted by Gasteiger charge is -2.20. The van der Waals surface area contributed by atoms with E-state index in [0.717, 1.165) is 5.56 Å². The molecule has 0 fully saturated rings. The molecule has 3 N–H and O–H groups in total. The molecule has 0 aliphatic rings. The summed E-state index contributed by atoms with van der Waals surface area (Å²) in [5.41, 5.74) is 6.30. The molecule has 1 aromatic rings. The van der Waals surface area contributed by atoms with Crippen molar-refractivity contribution in [3.05, 3.63) is 35.6 Å². The maximum absolute atomic E-state index is 12.7. The van der Waals surface area contributed by atoms with Crippen molar-refractivity contribution in [2.45, 2.75) is 38.8 Å². The first-order valence-electron chi connectivity index (χ1n) is 6.23. The Morgan fingerprint density at radius 1 is 1.37 bits per heavy atom. The number of hydrogen-bond donors (Lipinski definition) is 2. The number of ether oxygens (including phenoxy) is 1. The van der Waals surface area contributed by atoms with Crippen molar-refractivity contribution >= 4 is 6.09 Å². The highest BCUT2D eigenvalue weighted by Crippen LogP contribution is 2.07. The molecule has 19 heavy (non-hydrogen) atoms. The molecule has 1 aromatic carbocycles. The number of carbonyl (C=O) groups is 1. The van der Waals surface area contributed by atoms with Crippen LogP contribution in [-0.2, 0) is 11.2 Å². The normalized spacial score (nSPS) is 12.9. The number of rotatable bonds is 4. The highest BCUT2D eigenvalue weighted by atomic mass is 19.1. The summed E-state index contributed by atoms with van der Waals surface area (Å²) in [5.74, 6) is -0.274. The molecule has 1 rings (SSSR count). The van der Waals surface area contributed by atoms with Crippen LogP contribution in [0.2, 0.25) is 0 Å². The first-order valence-corrected chi connectivity index (χ1v) is 6.23. The van der Waals surface area contributed by atoms with Gasteiger partial charge in [-0.15, -0.1) is 0 Å². The summed E-state index contributed by atoms with van der Waals surface area (Å²) >= 11 is 0. The van der Waals surface area contributed by atoms with Gasteiger partial charge in [0.25, 0.3) is 0 Å². The van der Waals surface area contributed by atoms with E-state index in [-0.39, 0.29) is 11.9 Å². The molecule has 0 aliphatic heterocycles. The van der Waals surface area contributed by atoms with Crippen LogP contribution in [-0.4, -0.2) is 24.3 Å². The summed E-state index contributed by atoms with van der Waals surface area (Å²) in [6, 6.07) is 5.91. The van der Waals surface area contributed by atoms with Crippen LogP contribution >= 0.6 is 0 Å². The Morgan fingerprint density at radius 2 is 1.95 bits per heavy atom. The molecular weight excluding hydrogens is 247 g/mol. The van der Waals surface area contributed by atoms with Gasteiger partial charge in [0.15, 0.2) is 0 Å². The highest BCUT2D eigenvalue weighted by Gasteiger charge is 2.16. The van der Waals surface area contributed by atoms with Gasteiger partial charge < -0.3 is 15.8 Å². The van der Waals surface area contributed by atoms with Crippen LogP contribution in [0.15, 0.2) is 24.3 Å². The first kappa shape index (κ1) is 15.4. The molecule has 4 nitrogen and oxygen atoms in total. The van der Waals surface area contributed by atoms with E-state index in [1.807, 2.05) is 0 Å². The molecule has 0 heterocycles. The van der Waals surface area contributed by atoms with E-state index < -0.39 is 11.7 Å². The second kappa shape index (κ2) is 6.52. The standard InChI is InChI=1S/C14H21FN2O2/c1-14(2,3)19-13(18)17-9-12(16)8-10-4-6-11(15)7-5-10/h4-7,12H,8-9,16H2,1-3H3,(H,17,18)/t12-/m0/s1. The van der Waals surface area contributed by atoms with E-state index in [1.165, 1.54) is 12.1 Å². The molecule has 0 bridgehead atoms. The minimum absolute atomic E-state index is 0.238. The molecule has 0 unspecified atom stereocenters. The second-order valence-corrected chi connectivity index (χ2v) is 5.47. The molecule has 1 amide bonds. The lowest BCUT2D eigenvalue weighted by molar-refractivity contribution is 0.0524. The average molecular weight is 268 g/mol. The van der Waals surface area contributed by atoms with Gasteiger partial charge >= 0.3 is 6.09 Å². The van der Waals surface area contributed by atoms with E-state index in [2.05, 4.69) is 5.32 Å². The van der Waals surface area contributed by atoms with Crippen molar-refractivity contribution in [2.24, 2.45) is 5.73 Å². The Hall–Kier alpha value is -1.62. The molecule has 5 heteroatoms. The Kier molecular flexibility index (Phi) is 5.30. The molecule has 1 atom stereocenters. The quantitative estimate of drug-likeness (QED) is 0.880. The number of nitrogens with two attached hydrogens (primary N) is 1. The molecule has 0 saturated carbocycles. The Bertz CT molecular complexity index is 412. The van der Waals surface area contributed by atoms with Crippen LogP contribution < -0.4 is 11.1 Å². The van der Waals surface area contributed by atoms with Crippen molar-refractivity contribution in [3.63, 3.8) is 0 Å². The smallest absolute Gasteiger partial charge is 0.407 e. The zero-order valence-corrected chi connectivity index (χ0v) is 11.6. The van der Waals surface area contributed by atoms with Crippen LogP contribution in [0.1, 0.15) is 26.3 Å². The van der Waals surface area contributed by atoms with Crippen LogP contribution in [0, 0.1) is 5.82 Å². The van der Waals surface area contributed by atoms with Crippen molar-refractivity contribution in [1.82, 2.24) is 5.32 Å². The van der Waals surface area contributed by atoms with Crippen LogP contribution in [0.3, 0.4) is 0 Å². The van der Waals surface area contributed by atoms with Gasteiger partial charge in [-0.25, -0.2) is 9.18 Å². The van der Waals surface area contributed by atoms with Crippen molar-refractivity contribution in [2.75, 3.05) is 6.54 Å². The van der Waals surface area contributed by atoms with Gasteiger partial charge in [-0.05, 0) is 44.9 Å². The van der Waals surface area contributed by atoms with Crippen molar-refractivity contribution in [1.29, 1.82) is 0 Å². The van der Waals surface area contributed by atoms with E-state index in [9.17, 15) is 9.18 Å². The van der Waals surface area contributed by atoms with Crippen LogP contribution in [0.4, 0.5) is 9.18 Å². The Labute approximate surface area is 113 Å². The molecule has 0 radical (unpaired) electrons. The van der Waals surface area contributed by atoms with Gasteiger partial charge in [0.1, 0.15) is 11.4 Å². The Balaban J connectivity index is 2.33. The summed E-state index contributed by atoms with van der Waals surface area (Å²) in [4.78, 5) is 11.4. The fourth-order valence-corrected chi connectivity index (χ4v) is 1.52. The van der Waals surface area contributed by atoms with Gasteiger partial charge in [-0.3, -0.25) is 0 Å². The minimum Gasteiger partial charge on any atom is -0.444 e. The SMILES string of the molecule is CC(C)(C)OC(=O)NC[C@@H](N)Cc1ccc(F)cc1. The second-order valence-electron chi connectivity index (χ2n) is 5.47. The molecule has 0 spiro atoms. The maximum Gasteiger partial charge on any atom is 0.407 e. The van der Waals surface area contributed by atoms with E-state index >= 15 is 0 Å². The van der Waals surface area contributed by atoms with E-state index in [4.69, 9.17) is 10.5 Å².